The van der Waals surface area contributed by atoms with Gasteiger partial charge in [0.15, 0.2) is 0 Å². The maximum atomic E-state index is 11.7. The van der Waals surface area contributed by atoms with Crippen LogP contribution in [0.5, 0.6) is 5.75 Å². The minimum absolute atomic E-state index is 0.0404. The SMILES string of the molecule is O=C(O)C1CSC(c2ccncc2)N1Cc1ccc2c(c1)CCO2. The van der Waals surface area contributed by atoms with Crippen molar-refractivity contribution in [3.63, 3.8) is 0 Å². The molecule has 0 amide bonds. The Labute approximate surface area is 144 Å². The fraction of sp³-hybridized carbons (Fsp3) is 0.333. The number of aromatic nitrogens is 1. The molecule has 2 atom stereocenters. The molecule has 1 aromatic heterocycles. The van der Waals surface area contributed by atoms with Gasteiger partial charge in [-0.25, -0.2) is 0 Å². The second kappa shape index (κ2) is 6.45. The normalized spacial score (nSPS) is 23.0. The molecule has 3 heterocycles. The molecule has 0 spiro atoms. The monoisotopic (exact) mass is 342 g/mol. The lowest BCUT2D eigenvalue weighted by molar-refractivity contribution is -0.142. The van der Waals surface area contributed by atoms with Crippen LogP contribution in [0, 0.1) is 0 Å². The maximum Gasteiger partial charge on any atom is 0.321 e. The number of carboxylic acids is 1. The first-order chi connectivity index (χ1) is 11.7. The molecule has 1 saturated heterocycles. The van der Waals surface area contributed by atoms with Gasteiger partial charge in [-0.1, -0.05) is 12.1 Å². The highest BCUT2D eigenvalue weighted by atomic mass is 32.2. The number of hydrogen-bond acceptors (Lipinski definition) is 5. The summed E-state index contributed by atoms with van der Waals surface area (Å²) in [5.41, 5.74) is 3.45. The Hall–Kier alpha value is -2.05. The molecule has 2 unspecified atom stereocenters. The van der Waals surface area contributed by atoms with Crippen LogP contribution >= 0.6 is 11.8 Å². The van der Waals surface area contributed by atoms with E-state index >= 15 is 0 Å². The quantitative estimate of drug-likeness (QED) is 0.922. The van der Waals surface area contributed by atoms with E-state index in [-0.39, 0.29) is 5.37 Å². The molecule has 0 aliphatic carbocycles. The standard InChI is InChI=1S/C18H18N2O3S/c21-18(22)15-11-24-17(13-3-6-19-7-4-13)20(15)10-12-1-2-16-14(9-12)5-8-23-16/h1-4,6-7,9,15,17H,5,8,10-11H2,(H,21,22). The van der Waals surface area contributed by atoms with Crippen molar-refractivity contribution in [1.29, 1.82) is 0 Å². The Kier molecular flexibility index (Phi) is 4.16. The second-order valence-corrected chi connectivity index (χ2v) is 7.15. The Morgan fingerprint density at radius 2 is 2.17 bits per heavy atom. The number of carbonyl (C=O) groups is 1. The van der Waals surface area contributed by atoms with Crippen molar-refractivity contribution in [2.45, 2.75) is 24.4 Å². The van der Waals surface area contributed by atoms with E-state index in [2.05, 4.69) is 16.0 Å². The zero-order chi connectivity index (χ0) is 16.5. The van der Waals surface area contributed by atoms with Crippen LogP contribution in [0.2, 0.25) is 0 Å². The number of hydrogen-bond donors (Lipinski definition) is 1. The van der Waals surface area contributed by atoms with E-state index < -0.39 is 12.0 Å². The van der Waals surface area contributed by atoms with Crippen LogP contribution in [0.3, 0.4) is 0 Å². The van der Waals surface area contributed by atoms with Crippen molar-refractivity contribution < 1.29 is 14.6 Å². The van der Waals surface area contributed by atoms with E-state index in [0.717, 1.165) is 29.9 Å². The molecule has 1 fully saturated rings. The van der Waals surface area contributed by atoms with Crippen molar-refractivity contribution in [2.75, 3.05) is 12.4 Å². The summed E-state index contributed by atoms with van der Waals surface area (Å²) in [4.78, 5) is 17.8. The zero-order valence-corrected chi connectivity index (χ0v) is 13.9. The topological polar surface area (TPSA) is 62.7 Å². The van der Waals surface area contributed by atoms with Crippen LogP contribution < -0.4 is 4.74 Å². The summed E-state index contributed by atoms with van der Waals surface area (Å²) in [6.45, 7) is 1.35. The van der Waals surface area contributed by atoms with E-state index in [0.29, 0.717) is 12.3 Å². The first-order valence-electron chi connectivity index (χ1n) is 7.97. The van der Waals surface area contributed by atoms with Crippen molar-refractivity contribution in [3.05, 3.63) is 59.4 Å². The Morgan fingerprint density at radius 3 is 2.96 bits per heavy atom. The number of carboxylic acid groups (broad SMARTS) is 1. The van der Waals surface area contributed by atoms with Gasteiger partial charge in [-0.05, 0) is 34.9 Å². The molecular weight excluding hydrogens is 324 g/mol. The van der Waals surface area contributed by atoms with Crippen LogP contribution in [0.1, 0.15) is 22.1 Å². The molecule has 2 aliphatic rings. The highest BCUT2D eigenvalue weighted by Gasteiger charge is 2.39. The third-order valence-electron chi connectivity index (χ3n) is 4.51. The van der Waals surface area contributed by atoms with Crippen molar-refractivity contribution in [1.82, 2.24) is 9.88 Å². The van der Waals surface area contributed by atoms with Crippen LogP contribution in [-0.2, 0) is 17.8 Å². The van der Waals surface area contributed by atoms with E-state index in [1.807, 2.05) is 24.3 Å². The van der Waals surface area contributed by atoms with Gasteiger partial charge < -0.3 is 9.84 Å². The van der Waals surface area contributed by atoms with E-state index in [4.69, 9.17) is 4.74 Å². The van der Waals surface area contributed by atoms with Crippen molar-refractivity contribution in [3.8, 4) is 5.75 Å². The van der Waals surface area contributed by atoms with E-state index in [9.17, 15) is 9.90 Å². The highest BCUT2D eigenvalue weighted by Crippen LogP contribution is 2.42. The number of pyridine rings is 1. The lowest BCUT2D eigenvalue weighted by Crippen LogP contribution is -2.38. The number of thioether (sulfide) groups is 1. The molecule has 0 radical (unpaired) electrons. The van der Waals surface area contributed by atoms with Gasteiger partial charge in [-0.2, -0.15) is 0 Å². The summed E-state index contributed by atoms with van der Waals surface area (Å²) in [5, 5.41) is 9.63. The summed E-state index contributed by atoms with van der Waals surface area (Å²) in [5.74, 6) is 0.787. The van der Waals surface area contributed by atoms with Gasteiger partial charge in [0.1, 0.15) is 11.8 Å². The summed E-state index contributed by atoms with van der Waals surface area (Å²) in [7, 11) is 0. The number of benzene rings is 1. The zero-order valence-electron chi connectivity index (χ0n) is 13.1. The van der Waals surface area contributed by atoms with Crippen LogP contribution in [0.15, 0.2) is 42.7 Å². The Bertz CT molecular complexity index is 753. The summed E-state index contributed by atoms with van der Waals surface area (Å²) < 4.78 is 5.55. The fourth-order valence-corrected chi connectivity index (χ4v) is 4.77. The number of fused-ring (bicyclic) bond motifs is 1. The van der Waals surface area contributed by atoms with Gasteiger partial charge in [0.05, 0.1) is 12.0 Å². The summed E-state index contributed by atoms with van der Waals surface area (Å²) in [6.07, 6.45) is 4.44. The lowest BCUT2D eigenvalue weighted by Gasteiger charge is -2.27. The molecule has 24 heavy (non-hydrogen) atoms. The first-order valence-corrected chi connectivity index (χ1v) is 9.02. The van der Waals surface area contributed by atoms with Gasteiger partial charge in [0.2, 0.25) is 0 Å². The molecule has 0 bridgehead atoms. The minimum atomic E-state index is -0.761. The van der Waals surface area contributed by atoms with Gasteiger partial charge >= 0.3 is 5.97 Å². The molecule has 1 aromatic carbocycles. The van der Waals surface area contributed by atoms with Crippen molar-refractivity contribution in [2.24, 2.45) is 0 Å². The third-order valence-corrected chi connectivity index (χ3v) is 5.88. The molecule has 2 aromatic rings. The first kappa shape index (κ1) is 15.5. The van der Waals surface area contributed by atoms with Gasteiger partial charge in [-0.3, -0.25) is 14.7 Å². The van der Waals surface area contributed by atoms with Gasteiger partial charge in [0.25, 0.3) is 0 Å². The number of aliphatic carboxylic acids is 1. The lowest BCUT2D eigenvalue weighted by atomic mass is 10.1. The van der Waals surface area contributed by atoms with Crippen LogP contribution in [0.4, 0.5) is 0 Å². The highest BCUT2D eigenvalue weighted by molar-refractivity contribution is 7.99. The molecule has 4 rings (SSSR count). The summed E-state index contributed by atoms with van der Waals surface area (Å²) in [6, 6.07) is 9.64. The van der Waals surface area contributed by atoms with Crippen LogP contribution in [-0.4, -0.2) is 39.4 Å². The number of nitrogens with zero attached hydrogens (tertiary/aromatic N) is 2. The predicted molar refractivity (Wildman–Crippen MR) is 92.0 cm³/mol. The van der Waals surface area contributed by atoms with E-state index in [1.165, 1.54) is 5.56 Å². The summed E-state index contributed by atoms with van der Waals surface area (Å²) >= 11 is 1.68. The Morgan fingerprint density at radius 1 is 1.33 bits per heavy atom. The molecule has 0 saturated carbocycles. The average molecular weight is 342 g/mol. The molecule has 1 N–H and O–H groups in total. The van der Waals surface area contributed by atoms with Gasteiger partial charge in [-0.15, -0.1) is 11.8 Å². The fourth-order valence-electron chi connectivity index (χ4n) is 3.31. The molecule has 6 heteroatoms. The second-order valence-electron chi connectivity index (χ2n) is 6.03. The molecule has 5 nitrogen and oxygen atoms in total. The van der Waals surface area contributed by atoms with Gasteiger partial charge in [0, 0.05) is 31.1 Å². The minimum Gasteiger partial charge on any atom is -0.493 e. The predicted octanol–water partition coefficient (Wildman–Crippen LogP) is 2.72. The largest absolute Gasteiger partial charge is 0.493 e. The maximum absolute atomic E-state index is 11.7. The molecular formula is C18H18N2O3S. The molecule has 2 aliphatic heterocycles. The smallest absolute Gasteiger partial charge is 0.321 e. The van der Waals surface area contributed by atoms with E-state index in [1.54, 1.807) is 24.2 Å². The average Bonchev–Trinajstić information content (AvgIpc) is 3.22. The third kappa shape index (κ3) is 2.87. The molecule has 124 valence electrons. The Balaban J connectivity index is 1.62. The van der Waals surface area contributed by atoms with Crippen LogP contribution in [0.25, 0.3) is 0 Å². The van der Waals surface area contributed by atoms with Crippen molar-refractivity contribution >= 4 is 17.7 Å². The number of rotatable bonds is 4. The number of ether oxygens (including phenoxy) is 1.